The Balaban J connectivity index is 1.51. The van der Waals surface area contributed by atoms with E-state index >= 15 is 0 Å². The number of likely N-dealkylation sites (tertiary alicyclic amines) is 1. The second-order valence-electron chi connectivity index (χ2n) is 6.23. The van der Waals surface area contributed by atoms with Gasteiger partial charge in [0.25, 0.3) is 0 Å². The third kappa shape index (κ3) is 3.08. The largest absolute Gasteiger partial charge is 0.358 e. The molecule has 0 spiro atoms. The van der Waals surface area contributed by atoms with E-state index in [1.807, 2.05) is 0 Å². The third-order valence-corrected chi connectivity index (χ3v) is 4.51. The maximum absolute atomic E-state index is 13.9. The highest BCUT2D eigenvalue weighted by molar-refractivity contribution is 5.93. The van der Waals surface area contributed by atoms with E-state index < -0.39 is 11.9 Å². The normalized spacial score (nSPS) is 17.1. The number of hydrogen-bond acceptors (Lipinski definition) is 4. The molecule has 1 aliphatic rings. The molecule has 132 valence electrons. The van der Waals surface area contributed by atoms with Crippen LogP contribution in [0.3, 0.4) is 0 Å². The fourth-order valence-electron chi connectivity index (χ4n) is 3.17. The molecule has 0 saturated carbocycles. The lowest BCUT2D eigenvalue weighted by molar-refractivity contribution is -0.128. The van der Waals surface area contributed by atoms with Gasteiger partial charge in [-0.1, -0.05) is 18.2 Å². The summed E-state index contributed by atoms with van der Waals surface area (Å²) in [6.45, 7) is 1.02. The first-order valence-corrected chi connectivity index (χ1v) is 8.31. The van der Waals surface area contributed by atoms with Crippen molar-refractivity contribution in [3.05, 3.63) is 66.0 Å². The van der Waals surface area contributed by atoms with Crippen LogP contribution in [-0.2, 0) is 11.3 Å². The first-order valence-electron chi connectivity index (χ1n) is 8.31. The molecular formula is C19H16F2N4O. The Morgan fingerprint density at radius 2 is 1.92 bits per heavy atom. The van der Waals surface area contributed by atoms with Gasteiger partial charge in [-0.2, -0.15) is 0 Å². The number of carbonyl (C=O) groups is 1. The van der Waals surface area contributed by atoms with E-state index in [0.29, 0.717) is 30.7 Å². The molecule has 1 N–H and O–H groups in total. The Morgan fingerprint density at radius 3 is 2.73 bits per heavy atom. The van der Waals surface area contributed by atoms with Gasteiger partial charge in [-0.3, -0.25) is 4.79 Å². The second-order valence-corrected chi connectivity index (χ2v) is 6.23. The summed E-state index contributed by atoms with van der Waals surface area (Å²) in [6.07, 6.45) is 1.89. The molecule has 4 rings (SSSR count). The average molecular weight is 354 g/mol. The lowest BCUT2D eigenvalue weighted by Gasteiger charge is -2.18. The SMILES string of the molecule is O=C1C(Nc2ncnc3c(F)cccc23)CCN1Cc1ccc(F)cc1. The zero-order valence-corrected chi connectivity index (χ0v) is 13.8. The predicted octanol–water partition coefficient (Wildman–Crippen LogP) is 3.12. The van der Waals surface area contributed by atoms with Crippen molar-refractivity contribution in [2.45, 2.75) is 19.0 Å². The molecule has 1 atom stereocenters. The summed E-state index contributed by atoms with van der Waals surface area (Å²) < 4.78 is 26.9. The van der Waals surface area contributed by atoms with E-state index in [0.717, 1.165) is 5.56 Å². The van der Waals surface area contributed by atoms with Crippen molar-refractivity contribution in [2.75, 3.05) is 11.9 Å². The van der Waals surface area contributed by atoms with Crippen LogP contribution in [0.25, 0.3) is 10.9 Å². The fraction of sp³-hybridized carbons (Fsp3) is 0.211. The smallest absolute Gasteiger partial charge is 0.245 e. The fourth-order valence-corrected chi connectivity index (χ4v) is 3.17. The number of aromatic nitrogens is 2. The molecule has 1 aromatic heterocycles. The minimum atomic E-state index is -0.434. The molecule has 2 aromatic carbocycles. The molecule has 5 nitrogen and oxygen atoms in total. The topological polar surface area (TPSA) is 58.1 Å². The molecule has 3 aromatic rings. The zero-order valence-electron chi connectivity index (χ0n) is 13.8. The first-order chi connectivity index (χ1) is 12.6. The number of nitrogens with zero attached hydrogens (tertiary/aromatic N) is 3. The number of benzene rings is 2. The highest BCUT2D eigenvalue weighted by Crippen LogP contribution is 2.24. The van der Waals surface area contributed by atoms with Crippen LogP contribution >= 0.6 is 0 Å². The van der Waals surface area contributed by atoms with Crippen molar-refractivity contribution in [2.24, 2.45) is 0 Å². The molecule has 0 radical (unpaired) electrons. The quantitative estimate of drug-likeness (QED) is 0.782. The number of para-hydroxylation sites is 1. The molecule has 1 fully saturated rings. The van der Waals surface area contributed by atoms with Crippen molar-refractivity contribution in [3.8, 4) is 0 Å². The van der Waals surface area contributed by atoms with E-state index in [1.54, 1.807) is 29.2 Å². The van der Waals surface area contributed by atoms with Crippen LogP contribution in [0.15, 0.2) is 48.8 Å². The number of fused-ring (bicyclic) bond motifs is 1. The Morgan fingerprint density at radius 1 is 1.12 bits per heavy atom. The van der Waals surface area contributed by atoms with Gasteiger partial charge in [0.05, 0.1) is 0 Å². The molecule has 2 heterocycles. The number of rotatable bonds is 4. The minimum absolute atomic E-state index is 0.0579. The van der Waals surface area contributed by atoms with Gasteiger partial charge in [0.2, 0.25) is 5.91 Å². The number of hydrogen-bond donors (Lipinski definition) is 1. The van der Waals surface area contributed by atoms with E-state index in [9.17, 15) is 13.6 Å². The van der Waals surface area contributed by atoms with Crippen LogP contribution in [0.2, 0.25) is 0 Å². The van der Waals surface area contributed by atoms with Crippen molar-refractivity contribution in [3.63, 3.8) is 0 Å². The molecular weight excluding hydrogens is 338 g/mol. The van der Waals surface area contributed by atoms with Crippen LogP contribution in [0.5, 0.6) is 0 Å². The molecule has 0 bridgehead atoms. The van der Waals surface area contributed by atoms with Crippen molar-refractivity contribution in [1.82, 2.24) is 14.9 Å². The third-order valence-electron chi connectivity index (χ3n) is 4.51. The lowest BCUT2D eigenvalue weighted by Crippen LogP contribution is -2.33. The van der Waals surface area contributed by atoms with Gasteiger partial charge in [-0.05, 0) is 36.2 Å². The Kier molecular flexibility index (Phi) is 4.20. The Labute approximate surface area is 148 Å². The monoisotopic (exact) mass is 354 g/mol. The van der Waals surface area contributed by atoms with Crippen LogP contribution in [-0.4, -0.2) is 33.4 Å². The van der Waals surface area contributed by atoms with E-state index in [-0.39, 0.29) is 17.2 Å². The van der Waals surface area contributed by atoms with Gasteiger partial charge in [-0.15, -0.1) is 0 Å². The van der Waals surface area contributed by atoms with Gasteiger partial charge in [0.15, 0.2) is 0 Å². The average Bonchev–Trinajstić information content (AvgIpc) is 2.98. The molecule has 1 aliphatic heterocycles. The number of carbonyl (C=O) groups excluding carboxylic acids is 1. The van der Waals surface area contributed by atoms with Crippen LogP contribution < -0.4 is 5.32 Å². The predicted molar refractivity (Wildman–Crippen MR) is 93.3 cm³/mol. The molecule has 0 aliphatic carbocycles. The summed E-state index contributed by atoms with van der Waals surface area (Å²) in [7, 11) is 0. The van der Waals surface area contributed by atoms with Gasteiger partial charge in [0.1, 0.15) is 35.3 Å². The molecule has 26 heavy (non-hydrogen) atoms. The van der Waals surface area contributed by atoms with E-state index in [4.69, 9.17) is 0 Å². The lowest BCUT2D eigenvalue weighted by atomic mass is 10.2. The Hall–Kier alpha value is -3.09. The molecule has 1 unspecified atom stereocenters. The highest BCUT2D eigenvalue weighted by Gasteiger charge is 2.32. The zero-order chi connectivity index (χ0) is 18.1. The number of nitrogens with one attached hydrogen (secondary N) is 1. The van der Waals surface area contributed by atoms with Crippen molar-refractivity contribution >= 4 is 22.6 Å². The maximum atomic E-state index is 13.9. The maximum Gasteiger partial charge on any atom is 0.245 e. The van der Waals surface area contributed by atoms with Gasteiger partial charge < -0.3 is 10.2 Å². The van der Waals surface area contributed by atoms with Gasteiger partial charge >= 0.3 is 0 Å². The summed E-state index contributed by atoms with van der Waals surface area (Å²) in [5, 5.41) is 3.66. The molecule has 1 saturated heterocycles. The summed E-state index contributed by atoms with van der Waals surface area (Å²) in [6, 6.07) is 10.3. The summed E-state index contributed by atoms with van der Waals surface area (Å²) in [5.74, 6) is -0.346. The Bertz CT molecular complexity index is 961. The minimum Gasteiger partial charge on any atom is -0.358 e. The van der Waals surface area contributed by atoms with Crippen LogP contribution in [0.1, 0.15) is 12.0 Å². The highest BCUT2D eigenvalue weighted by atomic mass is 19.1. The first kappa shape index (κ1) is 16.4. The van der Waals surface area contributed by atoms with Crippen molar-refractivity contribution in [1.29, 1.82) is 0 Å². The van der Waals surface area contributed by atoms with Gasteiger partial charge in [0, 0.05) is 18.5 Å². The van der Waals surface area contributed by atoms with E-state index in [2.05, 4.69) is 15.3 Å². The summed E-state index contributed by atoms with van der Waals surface area (Å²) in [4.78, 5) is 22.5. The van der Waals surface area contributed by atoms with Gasteiger partial charge in [-0.25, -0.2) is 18.7 Å². The molecule has 7 heteroatoms. The molecule has 1 amide bonds. The number of halogens is 2. The standard InChI is InChI=1S/C19H16F2N4O/c20-13-6-4-12(5-7-13)10-25-9-8-16(19(25)26)24-18-14-2-1-3-15(21)17(14)22-11-23-18/h1-7,11,16H,8-10H2,(H,22,23,24). The second kappa shape index (κ2) is 6.67. The summed E-state index contributed by atoms with van der Waals surface area (Å²) in [5.41, 5.74) is 1.09. The van der Waals surface area contributed by atoms with E-state index in [1.165, 1.54) is 24.5 Å². The van der Waals surface area contributed by atoms with Crippen molar-refractivity contribution < 1.29 is 13.6 Å². The van der Waals surface area contributed by atoms with Crippen LogP contribution in [0, 0.1) is 11.6 Å². The van der Waals surface area contributed by atoms with Crippen LogP contribution in [0.4, 0.5) is 14.6 Å². The number of amides is 1. The number of anilines is 1. The summed E-state index contributed by atoms with van der Waals surface area (Å²) >= 11 is 0.